The van der Waals surface area contributed by atoms with Gasteiger partial charge in [0.25, 0.3) is 5.92 Å². The lowest BCUT2D eigenvalue weighted by Gasteiger charge is -2.19. The Morgan fingerprint density at radius 3 is 2.83 bits per heavy atom. The van der Waals surface area contributed by atoms with Gasteiger partial charge in [0.2, 0.25) is 5.88 Å². The molecule has 1 N–H and O–H groups in total. The number of carbonyl (C=O) groups excluding carboxylic acids is 1. The van der Waals surface area contributed by atoms with Gasteiger partial charge in [-0.15, -0.1) is 0 Å². The lowest BCUT2D eigenvalue weighted by molar-refractivity contribution is -0.0628. The summed E-state index contributed by atoms with van der Waals surface area (Å²) in [5, 5.41) is 0. The first-order valence-corrected chi connectivity index (χ1v) is 7.12. The number of nitrogens with one attached hydrogen (secondary N) is 1. The zero-order chi connectivity index (χ0) is 16.8. The van der Waals surface area contributed by atoms with E-state index >= 15 is 0 Å². The number of ether oxygens (including phenoxy) is 2. The molecule has 2 aromatic rings. The fourth-order valence-corrected chi connectivity index (χ4v) is 2.73. The maximum Gasteiger partial charge on any atom is 0.354 e. The van der Waals surface area contributed by atoms with Crippen molar-refractivity contribution in [3.05, 3.63) is 23.4 Å². The summed E-state index contributed by atoms with van der Waals surface area (Å²) in [5.74, 6) is -3.33. The second-order valence-electron chi connectivity index (χ2n) is 5.78. The number of carbonyl (C=O) groups is 1. The molecule has 0 unspecified atom stereocenters. The van der Waals surface area contributed by atoms with E-state index in [1.54, 1.807) is 20.0 Å². The molecular weight excluding hydrogens is 308 g/mol. The molecule has 0 radical (unpaired) electrons. The van der Waals surface area contributed by atoms with E-state index < -0.39 is 18.0 Å². The Morgan fingerprint density at radius 1 is 1.48 bits per heavy atom. The number of pyridine rings is 1. The van der Waals surface area contributed by atoms with E-state index in [2.05, 4.69) is 14.7 Å². The molecule has 0 bridgehead atoms. The number of likely N-dealkylation sites (tertiary alicyclic amines) is 1. The molecule has 23 heavy (non-hydrogen) atoms. The standard InChI is InChI=1S/C15H17F2N3O3/c1-8-4-12(23-11-6-20(2)7-15(11,16)17)18-9-5-10(14(21)22-3)19-13(8)9/h4-5,11,19H,6-7H2,1-3H3/t11-/m0/s1. The Morgan fingerprint density at radius 2 is 2.22 bits per heavy atom. The Bertz CT molecular complexity index is 760. The summed E-state index contributed by atoms with van der Waals surface area (Å²) in [6, 6.07) is 3.09. The van der Waals surface area contributed by atoms with Crippen molar-refractivity contribution in [3.63, 3.8) is 0 Å². The van der Waals surface area contributed by atoms with Crippen molar-refractivity contribution < 1.29 is 23.0 Å². The molecule has 8 heteroatoms. The van der Waals surface area contributed by atoms with Crippen LogP contribution >= 0.6 is 0 Å². The van der Waals surface area contributed by atoms with Crippen molar-refractivity contribution in [1.82, 2.24) is 14.9 Å². The summed E-state index contributed by atoms with van der Waals surface area (Å²) in [5.41, 5.74) is 2.11. The molecule has 124 valence electrons. The molecule has 0 saturated carbocycles. The van der Waals surface area contributed by atoms with Crippen LogP contribution in [0.15, 0.2) is 12.1 Å². The second kappa shape index (κ2) is 5.45. The van der Waals surface area contributed by atoms with Crippen LogP contribution in [0.5, 0.6) is 5.88 Å². The number of likely N-dealkylation sites (N-methyl/N-ethyl adjacent to an activating group) is 1. The summed E-state index contributed by atoms with van der Waals surface area (Å²) in [6.45, 7) is 1.58. The highest BCUT2D eigenvalue weighted by Crippen LogP contribution is 2.31. The fourth-order valence-electron chi connectivity index (χ4n) is 2.73. The smallest absolute Gasteiger partial charge is 0.354 e. The first-order chi connectivity index (χ1) is 10.8. The monoisotopic (exact) mass is 325 g/mol. The number of alkyl halides is 2. The van der Waals surface area contributed by atoms with E-state index in [-0.39, 0.29) is 24.7 Å². The molecule has 0 aliphatic carbocycles. The number of rotatable bonds is 3. The van der Waals surface area contributed by atoms with Crippen molar-refractivity contribution in [2.45, 2.75) is 19.0 Å². The summed E-state index contributed by atoms with van der Waals surface area (Å²) in [4.78, 5) is 20.2. The lowest BCUT2D eigenvalue weighted by atomic mass is 10.2. The number of nitrogens with zero attached hydrogens (tertiary/aromatic N) is 2. The topological polar surface area (TPSA) is 67.5 Å². The SMILES string of the molecule is COC(=O)c1cc2nc(O[C@H]3CN(C)CC3(F)F)cc(C)c2[nH]1. The van der Waals surface area contributed by atoms with Gasteiger partial charge in [-0.25, -0.2) is 18.6 Å². The molecular formula is C15H17F2N3O3. The van der Waals surface area contributed by atoms with Crippen molar-refractivity contribution in [2.75, 3.05) is 27.2 Å². The first kappa shape index (κ1) is 15.7. The van der Waals surface area contributed by atoms with Gasteiger partial charge >= 0.3 is 5.97 Å². The third-order valence-electron chi connectivity index (χ3n) is 3.86. The molecule has 3 rings (SSSR count). The van der Waals surface area contributed by atoms with Crippen LogP contribution in [-0.4, -0.2) is 60.1 Å². The van der Waals surface area contributed by atoms with E-state index in [1.807, 2.05) is 0 Å². The molecule has 6 nitrogen and oxygen atoms in total. The normalized spacial score (nSPS) is 20.8. The van der Waals surface area contributed by atoms with Crippen molar-refractivity contribution in [2.24, 2.45) is 0 Å². The molecule has 0 spiro atoms. The number of esters is 1. The van der Waals surface area contributed by atoms with E-state index in [4.69, 9.17) is 4.74 Å². The number of hydrogen-bond acceptors (Lipinski definition) is 5. The van der Waals surface area contributed by atoms with Crippen molar-refractivity contribution in [1.29, 1.82) is 0 Å². The van der Waals surface area contributed by atoms with Crippen LogP contribution in [0.1, 0.15) is 16.1 Å². The largest absolute Gasteiger partial charge is 0.466 e. The van der Waals surface area contributed by atoms with E-state index in [9.17, 15) is 13.6 Å². The molecule has 1 aliphatic heterocycles. The summed E-state index contributed by atoms with van der Waals surface area (Å²) in [6.07, 6.45) is -1.24. The summed E-state index contributed by atoms with van der Waals surface area (Å²) >= 11 is 0. The van der Waals surface area contributed by atoms with E-state index in [0.717, 1.165) is 5.56 Å². The number of H-pyrrole nitrogens is 1. The minimum atomic E-state index is -2.92. The fraction of sp³-hybridized carbons (Fsp3) is 0.467. The predicted octanol–water partition coefficient (Wildman–Crippen LogP) is 1.99. The number of aryl methyl sites for hydroxylation is 1. The van der Waals surface area contributed by atoms with Crippen molar-refractivity contribution >= 4 is 17.0 Å². The average Bonchev–Trinajstić information content (AvgIpc) is 2.99. The third kappa shape index (κ3) is 2.86. The van der Waals surface area contributed by atoms with Crippen LogP contribution < -0.4 is 4.74 Å². The van der Waals surface area contributed by atoms with Crippen LogP contribution in [0.3, 0.4) is 0 Å². The van der Waals surface area contributed by atoms with Gasteiger partial charge in [0, 0.05) is 12.6 Å². The first-order valence-electron chi connectivity index (χ1n) is 7.12. The summed E-state index contributed by atoms with van der Waals surface area (Å²) in [7, 11) is 2.90. The highest BCUT2D eigenvalue weighted by atomic mass is 19.3. The molecule has 2 aromatic heterocycles. The Hall–Kier alpha value is -2.22. The molecule has 3 heterocycles. The molecule has 0 aromatic carbocycles. The molecule has 0 amide bonds. The van der Waals surface area contributed by atoms with Gasteiger partial charge in [0.05, 0.1) is 24.7 Å². The van der Waals surface area contributed by atoms with E-state index in [1.165, 1.54) is 18.1 Å². The quantitative estimate of drug-likeness (QED) is 0.874. The zero-order valence-electron chi connectivity index (χ0n) is 13.0. The van der Waals surface area contributed by atoms with Gasteiger partial charge in [-0.1, -0.05) is 0 Å². The third-order valence-corrected chi connectivity index (χ3v) is 3.86. The highest BCUT2D eigenvalue weighted by Gasteiger charge is 2.49. The number of aromatic amines is 1. The van der Waals surface area contributed by atoms with Gasteiger partial charge in [0.1, 0.15) is 5.69 Å². The molecule has 1 saturated heterocycles. The second-order valence-corrected chi connectivity index (χ2v) is 5.78. The molecule has 1 aliphatic rings. The lowest BCUT2D eigenvalue weighted by Crippen LogP contribution is -2.36. The van der Waals surface area contributed by atoms with Crippen LogP contribution in [0, 0.1) is 6.92 Å². The van der Waals surface area contributed by atoms with Gasteiger partial charge < -0.3 is 14.5 Å². The number of hydrogen-bond donors (Lipinski definition) is 1. The maximum absolute atomic E-state index is 13.9. The zero-order valence-corrected chi connectivity index (χ0v) is 13.0. The van der Waals surface area contributed by atoms with Gasteiger partial charge in [-0.05, 0) is 25.6 Å². The number of fused-ring (bicyclic) bond motifs is 1. The van der Waals surface area contributed by atoms with E-state index in [0.29, 0.717) is 11.0 Å². The van der Waals surface area contributed by atoms with Crippen LogP contribution in [0.25, 0.3) is 11.0 Å². The molecule has 1 atom stereocenters. The predicted molar refractivity (Wildman–Crippen MR) is 79.0 cm³/mol. The summed E-state index contributed by atoms with van der Waals surface area (Å²) < 4.78 is 37.8. The van der Waals surface area contributed by atoms with Gasteiger partial charge in [0.15, 0.2) is 6.10 Å². The molecule has 1 fully saturated rings. The number of halogens is 2. The van der Waals surface area contributed by atoms with Crippen molar-refractivity contribution in [3.8, 4) is 5.88 Å². The van der Waals surface area contributed by atoms with Crippen LogP contribution in [-0.2, 0) is 4.74 Å². The Kier molecular flexibility index (Phi) is 3.71. The average molecular weight is 325 g/mol. The van der Waals surface area contributed by atoms with Crippen LogP contribution in [0.2, 0.25) is 0 Å². The number of methoxy groups -OCH3 is 1. The minimum absolute atomic E-state index is 0.116. The maximum atomic E-state index is 13.9. The van der Waals surface area contributed by atoms with Crippen LogP contribution in [0.4, 0.5) is 8.78 Å². The Balaban J connectivity index is 1.92. The number of aromatic nitrogens is 2. The Labute approximate surface area is 131 Å². The van der Waals surface area contributed by atoms with Gasteiger partial charge in [-0.2, -0.15) is 0 Å². The minimum Gasteiger partial charge on any atom is -0.466 e. The highest BCUT2D eigenvalue weighted by molar-refractivity contribution is 5.94. The van der Waals surface area contributed by atoms with Gasteiger partial charge in [-0.3, -0.25) is 4.90 Å².